The van der Waals surface area contributed by atoms with Crippen molar-refractivity contribution in [2.45, 2.75) is 51.7 Å². The smallest absolute Gasteiger partial charge is 0.410 e. The molecule has 6 heteroatoms. The van der Waals surface area contributed by atoms with E-state index < -0.39 is 5.60 Å². The van der Waals surface area contributed by atoms with Gasteiger partial charge in [-0.2, -0.15) is 5.10 Å². The van der Waals surface area contributed by atoms with Gasteiger partial charge in [-0.25, -0.2) is 4.79 Å². The van der Waals surface area contributed by atoms with Gasteiger partial charge in [0.2, 0.25) is 0 Å². The number of amides is 1. The van der Waals surface area contributed by atoms with Crippen LogP contribution in [-0.4, -0.2) is 46.5 Å². The van der Waals surface area contributed by atoms with Crippen LogP contribution in [0.15, 0.2) is 6.20 Å². The summed E-state index contributed by atoms with van der Waals surface area (Å²) in [5.41, 5.74) is 2.17. The Bertz CT molecular complexity index is 519. The van der Waals surface area contributed by atoms with Crippen LogP contribution in [0.3, 0.4) is 0 Å². The first kappa shape index (κ1) is 16.8. The first-order chi connectivity index (χ1) is 10.3. The lowest BCUT2D eigenvalue weighted by Crippen LogP contribution is -2.39. The normalized spacial score (nSPS) is 18.0. The lowest BCUT2D eigenvalue weighted by Gasteiger charge is -2.27. The third-order valence-corrected chi connectivity index (χ3v) is 3.92. The van der Waals surface area contributed by atoms with Crippen LogP contribution >= 0.6 is 0 Å². The molecule has 1 N–H and O–H groups in total. The largest absolute Gasteiger partial charge is 0.444 e. The molecule has 2 rings (SSSR count). The van der Waals surface area contributed by atoms with Crippen molar-refractivity contribution < 1.29 is 9.53 Å². The van der Waals surface area contributed by atoms with E-state index in [4.69, 9.17) is 4.74 Å². The molecule has 1 aliphatic carbocycles. The molecule has 0 saturated carbocycles. The van der Waals surface area contributed by atoms with Crippen LogP contribution in [0.5, 0.6) is 0 Å². The van der Waals surface area contributed by atoms with Crippen molar-refractivity contribution in [3.05, 3.63) is 17.5 Å². The van der Waals surface area contributed by atoms with Crippen LogP contribution < -0.4 is 5.32 Å². The molecule has 6 nitrogen and oxygen atoms in total. The molecule has 1 atom stereocenters. The van der Waals surface area contributed by atoms with E-state index in [0.29, 0.717) is 12.6 Å². The average molecular weight is 308 g/mol. The van der Waals surface area contributed by atoms with E-state index >= 15 is 0 Å². The van der Waals surface area contributed by atoms with Crippen molar-refractivity contribution in [1.29, 1.82) is 0 Å². The maximum atomic E-state index is 11.9. The molecule has 1 unspecified atom stereocenters. The lowest BCUT2D eigenvalue weighted by molar-refractivity contribution is 0.0299. The Morgan fingerprint density at radius 1 is 1.55 bits per heavy atom. The minimum absolute atomic E-state index is 0.278. The number of likely N-dealkylation sites (N-methyl/N-ethyl adjacent to an activating group) is 1. The van der Waals surface area contributed by atoms with Gasteiger partial charge < -0.3 is 15.0 Å². The Morgan fingerprint density at radius 3 is 2.95 bits per heavy atom. The molecule has 1 heterocycles. The number of rotatable bonds is 4. The quantitative estimate of drug-likeness (QED) is 0.927. The fraction of sp³-hybridized carbons (Fsp3) is 0.750. The topological polar surface area (TPSA) is 59.4 Å². The first-order valence-electron chi connectivity index (χ1n) is 7.96. The van der Waals surface area contributed by atoms with Crippen molar-refractivity contribution in [3.63, 3.8) is 0 Å². The van der Waals surface area contributed by atoms with Gasteiger partial charge in [-0.3, -0.25) is 4.68 Å². The molecule has 0 aliphatic heterocycles. The molecule has 1 aromatic heterocycles. The van der Waals surface area contributed by atoms with Gasteiger partial charge in [-0.1, -0.05) is 0 Å². The number of carbonyl (C=O) groups is 1. The molecular weight excluding hydrogens is 280 g/mol. The van der Waals surface area contributed by atoms with Gasteiger partial charge in [-0.15, -0.1) is 0 Å². The van der Waals surface area contributed by atoms with Gasteiger partial charge in [0.15, 0.2) is 0 Å². The monoisotopic (exact) mass is 308 g/mol. The standard InChI is InChI=1S/C16H28N4O2/c1-16(2,3)22-15(21)19(4)10-9-17-13-7-6-8-14-12(13)11-18-20(14)5/h11,13,17H,6-10H2,1-5H3. The van der Waals surface area contributed by atoms with Crippen molar-refractivity contribution in [2.24, 2.45) is 7.05 Å². The van der Waals surface area contributed by atoms with Crippen LogP contribution in [0.1, 0.15) is 50.9 Å². The SMILES string of the molecule is CN(CCNC1CCCc2c1cnn2C)C(=O)OC(C)(C)C. The van der Waals surface area contributed by atoms with E-state index in [0.717, 1.165) is 19.4 Å². The van der Waals surface area contributed by atoms with E-state index in [1.807, 2.05) is 38.7 Å². The highest BCUT2D eigenvalue weighted by Crippen LogP contribution is 2.28. The number of hydrogen-bond donors (Lipinski definition) is 1. The number of nitrogens with one attached hydrogen (secondary N) is 1. The second-order valence-corrected chi connectivity index (χ2v) is 6.97. The lowest BCUT2D eigenvalue weighted by atomic mass is 9.93. The van der Waals surface area contributed by atoms with Crippen LogP contribution in [0.25, 0.3) is 0 Å². The summed E-state index contributed by atoms with van der Waals surface area (Å²) in [5.74, 6) is 0. The van der Waals surface area contributed by atoms with Gasteiger partial charge in [0.05, 0.1) is 6.20 Å². The molecule has 22 heavy (non-hydrogen) atoms. The van der Waals surface area contributed by atoms with Crippen LogP contribution in [-0.2, 0) is 18.2 Å². The average Bonchev–Trinajstić information content (AvgIpc) is 2.79. The summed E-state index contributed by atoms with van der Waals surface area (Å²) in [4.78, 5) is 13.5. The maximum Gasteiger partial charge on any atom is 0.410 e. The first-order valence-corrected chi connectivity index (χ1v) is 7.96. The molecular formula is C16H28N4O2. The van der Waals surface area contributed by atoms with Gasteiger partial charge in [0.25, 0.3) is 0 Å². The molecule has 0 saturated heterocycles. The highest BCUT2D eigenvalue weighted by molar-refractivity contribution is 5.67. The molecule has 0 spiro atoms. The summed E-state index contributed by atoms with van der Waals surface area (Å²) in [5, 5.41) is 7.89. The number of ether oxygens (including phenoxy) is 1. The zero-order valence-electron chi connectivity index (χ0n) is 14.3. The third-order valence-electron chi connectivity index (χ3n) is 3.92. The van der Waals surface area contributed by atoms with Gasteiger partial charge in [-0.05, 0) is 40.0 Å². The number of aryl methyl sites for hydroxylation is 1. The summed E-state index contributed by atoms with van der Waals surface area (Å²) >= 11 is 0. The molecule has 0 fully saturated rings. The van der Waals surface area contributed by atoms with E-state index in [2.05, 4.69) is 10.4 Å². The molecule has 0 aromatic carbocycles. The number of hydrogen-bond acceptors (Lipinski definition) is 4. The molecule has 0 bridgehead atoms. The van der Waals surface area contributed by atoms with E-state index in [9.17, 15) is 4.79 Å². The van der Waals surface area contributed by atoms with E-state index in [1.165, 1.54) is 17.7 Å². The summed E-state index contributed by atoms with van der Waals surface area (Å²) < 4.78 is 7.32. The van der Waals surface area contributed by atoms with Crippen molar-refractivity contribution in [3.8, 4) is 0 Å². The molecule has 0 radical (unpaired) electrons. The summed E-state index contributed by atoms with van der Waals surface area (Å²) in [7, 11) is 3.77. The number of fused-ring (bicyclic) bond motifs is 1. The predicted molar refractivity (Wildman–Crippen MR) is 85.8 cm³/mol. The minimum atomic E-state index is -0.452. The number of carbonyl (C=O) groups excluding carboxylic acids is 1. The second kappa shape index (κ2) is 6.69. The Hall–Kier alpha value is -1.56. The van der Waals surface area contributed by atoms with Crippen molar-refractivity contribution >= 4 is 6.09 Å². The van der Waals surface area contributed by atoms with Gasteiger partial charge >= 0.3 is 6.09 Å². The van der Waals surface area contributed by atoms with Crippen molar-refractivity contribution in [2.75, 3.05) is 20.1 Å². The summed E-state index contributed by atoms with van der Waals surface area (Å²) in [6.07, 6.45) is 5.08. The van der Waals surface area contributed by atoms with Crippen molar-refractivity contribution in [1.82, 2.24) is 20.0 Å². The highest BCUT2D eigenvalue weighted by Gasteiger charge is 2.23. The molecule has 1 aliphatic rings. The van der Waals surface area contributed by atoms with E-state index in [1.54, 1.807) is 11.9 Å². The van der Waals surface area contributed by atoms with Crippen LogP contribution in [0, 0.1) is 0 Å². The molecule has 1 aromatic rings. The number of nitrogens with zero attached hydrogens (tertiary/aromatic N) is 3. The number of aromatic nitrogens is 2. The predicted octanol–water partition coefficient (Wildman–Crippen LogP) is 2.25. The van der Waals surface area contributed by atoms with Crippen LogP contribution in [0.4, 0.5) is 4.79 Å². The molecule has 124 valence electrons. The Labute approximate surface area is 132 Å². The fourth-order valence-corrected chi connectivity index (χ4v) is 2.76. The Balaban J connectivity index is 1.81. The van der Waals surface area contributed by atoms with E-state index in [-0.39, 0.29) is 6.09 Å². The molecule has 1 amide bonds. The minimum Gasteiger partial charge on any atom is -0.444 e. The van der Waals surface area contributed by atoms with Crippen LogP contribution in [0.2, 0.25) is 0 Å². The van der Waals surface area contributed by atoms with Gasteiger partial charge in [0, 0.05) is 44.5 Å². The zero-order valence-corrected chi connectivity index (χ0v) is 14.3. The maximum absolute atomic E-state index is 11.9. The Kier molecular flexibility index (Phi) is 5.11. The third kappa shape index (κ3) is 4.22. The highest BCUT2D eigenvalue weighted by atomic mass is 16.6. The van der Waals surface area contributed by atoms with Gasteiger partial charge in [0.1, 0.15) is 5.60 Å². The second-order valence-electron chi connectivity index (χ2n) is 6.97. The summed E-state index contributed by atoms with van der Waals surface area (Å²) in [6.45, 7) is 7.00. The Morgan fingerprint density at radius 2 is 2.27 bits per heavy atom. The summed E-state index contributed by atoms with van der Waals surface area (Å²) in [6, 6.07) is 0.337. The zero-order chi connectivity index (χ0) is 16.3. The fourth-order valence-electron chi connectivity index (χ4n) is 2.76.